The van der Waals surface area contributed by atoms with E-state index >= 15 is 0 Å². The average molecular weight is 338 g/mol. The van der Waals surface area contributed by atoms with E-state index in [1.807, 2.05) is 42.5 Å². The lowest BCUT2D eigenvalue weighted by Crippen LogP contribution is -2.36. The maximum Gasteiger partial charge on any atom is 0.254 e. The van der Waals surface area contributed by atoms with Crippen LogP contribution < -0.4 is 15.0 Å². The minimum atomic E-state index is -0.614. The predicted octanol–water partition coefficient (Wildman–Crippen LogP) is 2.98. The van der Waals surface area contributed by atoms with Gasteiger partial charge in [0, 0.05) is 18.2 Å². The second kappa shape index (κ2) is 6.97. The van der Waals surface area contributed by atoms with Crippen molar-refractivity contribution < 1.29 is 14.3 Å². The minimum Gasteiger partial charge on any atom is -0.497 e. The van der Waals surface area contributed by atoms with Crippen LogP contribution in [0.25, 0.3) is 0 Å². The van der Waals surface area contributed by atoms with Gasteiger partial charge in [0.1, 0.15) is 11.8 Å². The summed E-state index contributed by atoms with van der Waals surface area (Å²) in [6.45, 7) is 3.96. The highest BCUT2D eigenvalue weighted by Gasteiger charge is 2.37. The summed E-state index contributed by atoms with van der Waals surface area (Å²) >= 11 is 0. The van der Waals surface area contributed by atoms with Gasteiger partial charge in [-0.05, 0) is 35.7 Å². The standard InChI is InChI=1S/C20H22N2O3/c1-4-14-7-10-18-17(11-14)19(21-13(2)23)20(24)22(18)12-15-5-8-16(25-3)9-6-15/h5-11,19H,4,12H2,1-3H3,(H,21,23)/t19-/m0/s1. The van der Waals surface area contributed by atoms with Crippen LogP contribution in [0.5, 0.6) is 5.75 Å². The van der Waals surface area contributed by atoms with Gasteiger partial charge in [0.25, 0.3) is 5.91 Å². The molecular formula is C20H22N2O3. The number of benzene rings is 2. The molecule has 5 nitrogen and oxygen atoms in total. The van der Waals surface area contributed by atoms with Crippen molar-refractivity contribution in [2.24, 2.45) is 0 Å². The van der Waals surface area contributed by atoms with Gasteiger partial charge in [-0.3, -0.25) is 9.59 Å². The highest BCUT2D eigenvalue weighted by molar-refractivity contribution is 6.06. The topological polar surface area (TPSA) is 58.6 Å². The Labute approximate surface area is 147 Å². The number of nitrogens with one attached hydrogen (secondary N) is 1. The molecule has 0 unspecified atom stereocenters. The third-order valence-electron chi connectivity index (χ3n) is 4.46. The Morgan fingerprint density at radius 1 is 1.16 bits per heavy atom. The van der Waals surface area contributed by atoms with Crippen molar-refractivity contribution in [3.63, 3.8) is 0 Å². The van der Waals surface area contributed by atoms with Crippen LogP contribution in [0, 0.1) is 0 Å². The summed E-state index contributed by atoms with van der Waals surface area (Å²) in [5.41, 5.74) is 3.88. The van der Waals surface area contributed by atoms with E-state index in [1.54, 1.807) is 12.0 Å². The Kier molecular flexibility index (Phi) is 4.74. The number of hydrogen-bond donors (Lipinski definition) is 1. The first-order valence-electron chi connectivity index (χ1n) is 8.37. The first-order chi connectivity index (χ1) is 12.0. The van der Waals surface area contributed by atoms with Gasteiger partial charge in [-0.2, -0.15) is 0 Å². The van der Waals surface area contributed by atoms with Crippen LogP contribution in [-0.4, -0.2) is 18.9 Å². The zero-order valence-corrected chi connectivity index (χ0v) is 14.7. The third kappa shape index (κ3) is 3.36. The summed E-state index contributed by atoms with van der Waals surface area (Å²) < 4.78 is 5.17. The number of anilines is 1. The molecule has 2 amide bonds. The third-order valence-corrected chi connectivity index (χ3v) is 4.46. The zero-order valence-electron chi connectivity index (χ0n) is 14.7. The van der Waals surface area contributed by atoms with Crippen molar-refractivity contribution >= 4 is 17.5 Å². The minimum absolute atomic E-state index is 0.103. The molecule has 2 aromatic rings. The first-order valence-corrected chi connectivity index (χ1v) is 8.37. The number of methoxy groups -OCH3 is 1. The lowest BCUT2D eigenvalue weighted by molar-refractivity contribution is -0.126. The van der Waals surface area contributed by atoms with Gasteiger partial charge in [0.05, 0.1) is 13.7 Å². The molecule has 0 bridgehead atoms. The van der Waals surface area contributed by atoms with E-state index in [0.29, 0.717) is 6.54 Å². The first kappa shape index (κ1) is 17.0. The van der Waals surface area contributed by atoms with Crippen molar-refractivity contribution in [2.45, 2.75) is 32.9 Å². The van der Waals surface area contributed by atoms with Crippen molar-refractivity contribution in [1.29, 1.82) is 0 Å². The Hall–Kier alpha value is -2.82. The van der Waals surface area contributed by atoms with E-state index in [4.69, 9.17) is 4.74 Å². The van der Waals surface area contributed by atoms with Crippen LogP contribution in [0.4, 0.5) is 5.69 Å². The van der Waals surface area contributed by atoms with E-state index in [1.165, 1.54) is 6.92 Å². The molecule has 0 saturated heterocycles. The molecule has 130 valence electrons. The highest BCUT2D eigenvalue weighted by Crippen LogP contribution is 2.37. The molecule has 2 aromatic carbocycles. The number of nitrogens with zero attached hydrogens (tertiary/aromatic N) is 1. The molecule has 0 aromatic heterocycles. The zero-order chi connectivity index (χ0) is 18.0. The van der Waals surface area contributed by atoms with Gasteiger partial charge in [-0.1, -0.05) is 31.2 Å². The molecular weight excluding hydrogens is 316 g/mol. The second-order valence-corrected chi connectivity index (χ2v) is 6.15. The van der Waals surface area contributed by atoms with Crippen molar-refractivity contribution in [3.8, 4) is 5.75 Å². The largest absolute Gasteiger partial charge is 0.497 e. The van der Waals surface area contributed by atoms with Crippen LogP contribution in [0.3, 0.4) is 0 Å². The monoisotopic (exact) mass is 338 g/mol. The van der Waals surface area contributed by atoms with Crippen LogP contribution in [-0.2, 0) is 22.6 Å². The Balaban J connectivity index is 1.94. The fourth-order valence-electron chi connectivity index (χ4n) is 3.13. The van der Waals surface area contributed by atoms with E-state index in [-0.39, 0.29) is 11.8 Å². The fourth-order valence-corrected chi connectivity index (χ4v) is 3.13. The number of hydrogen-bond acceptors (Lipinski definition) is 3. The summed E-state index contributed by atoms with van der Waals surface area (Å²) in [5, 5.41) is 2.78. The smallest absolute Gasteiger partial charge is 0.254 e. The number of amides is 2. The van der Waals surface area contributed by atoms with E-state index in [2.05, 4.69) is 12.2 Å². The summed E-state index contributed by atoms with van der Waals surface area (Å²) in [7, 11) is 1.62. The van der Waals surface area contributed by atoms with E-state index in [9.17, 15) is 9.59 Å². The highest BCUT2D eigenvalue weighted by atomic mass is 16.5. The van der Waals surface area contributed by atoms with Crippen LogP contribution >= 0.6 is 0 Å². The maximum atomic E-state index is 12.9. The number of fused-ring (bicyclic) bond motifs is 1. The molecule has 0 fully saturated rings. The number of ether oxygens (including phenoxy) is 1. The number of aryl methyl sites for hydroxylation is 1. The summed E-state index contributed by atoms with van der Waals surface area (Å²) in [6.07, 6.45) is 0.882. The lowest BCUT2D eigenvalue weighted by atomic mass is 10.0. The van der Waals surface area contributed by atoms with Crippen molar-refractivity contribution in [1.82, 2.24) is 5.32 Å². The molecule has 3 rings (SSSR count). The molecule has 1 N–H and O–H groups in total. The Bertz CT molecular complexity index is 799. The molecule has 1 aliphatic heterocycles. The van der Waals surface area contributed by atoms with Crippen LogP contribution in [0.1, 0.15) is 36.6 Å². The van der Waals surface area contributed by atoms with Gasteiger partial charge in [0.15, 0.2) is 0 Å². The van der Waals surface area contributed by atoms with Gasteiger partial charge >= 0.3 is 0 Å². The molecule has 0 spiro atoms. The summed E-state index contributed by atoms with van der Waals surface area (Å²) in [6, 6.07) is 13.0. The van der Waals surface area contributed by atoms with Gasteiger partial charge < -0.3 is 15.0 Å². The second-order valence-electron chi connectivity index (χ2n) is 6.15. The average Bonchev–Trinajstić information content (AvgIpc) is 2.87. The molecule has 0 aliphatic carbocycles. The van der Waals surface area contributed by atoms with Gasteiger partial charge in [-0.15, -0.1) is 0 Å². The normalized spacial score (nSPS) is 15.9. The van der Waals surface area contributed by atoms with Crippen molar-refractivity contribution in [3.05, 3.63) is 59.2 Å². The summed E-state index contributed by atoms with van der Waals surface area (Å²) in [5.74, 6) is 0.465. The SMILES string of the molecule is CCc1ccc2c(c1)[C@H](NC(C)=O)C(=O)N2Cc1ccc(OC)cc1. The quantitative estimate of drug-likeness (QED) is 0.912. The van der Waals surface area contributed by atoms with Crippen LogP contribution in [0.2, 0.25) is 0 Å². The molecule has 0 radical (unpaired) electrons. The number of carbonyl (C=O) groups excluding carboxylic acids is 2. The molecule has 5 heteroatoms. The predicted molar refractivity (Wildman–Crippen MR) is 96.6 cm³/mol. The molecule has 1 atom stereocenters. The molecule has 1 aliphatic rings. The Morgan fingerprint density at radius 3 is 2.44 bits per heavy atom. The molecule has 25 heavy (non-hydrogen) atoms. The van der Waals surface area contributed by atoms with E-state index in [0.717, 1.165) is 34.5 Å². The van der Waals surface area contributed by atoms with Gasteiger partial charge in [-0.25, -0.2) is 0 Å². The maximum absolute atomic E-state index is 12.9. The summed E-state index contributed by atoms with van der Waals surface area (Å²) in [4.78, 5) is 26.2. The van der Waals surface area contributed by atoms with Gasteiger partial charge in [0.2, 0.25) is 5.91 Å². The lowest BCUT2D eigenvalue weighted by Gasteiger charge is -2.18. The molecule has 1 heterocycles. The van der Waals surface area contributed by atoms with Crippen molar-refractivity contribution in [2.75, 3.05) is 12.0 Å². The van der Waals surface area contributed by atoms with E-state index < -0.39 is 6.04 Å². The molecule has 0 saturated carbocycles. The Morgan fingerprint density at radius 2 is 1.84 bits per heavy atom. The fraction of sp³-hybridized carbons (Fsp3) is 0.300. The number of rotatable bonds is 5. The van der Waals surface area contributed by atoms with Crippen LogP contribution in [0.15, 0.2) is 42.5 Å². The number of carbonyl (C=O) groups is 2.